The molecule has 0 aliphatic carbocycles. The molecule has 4 heteroatoms. The topological polar surface area (TPSA) is 59.6 Å². The molecule has 1 aromatic rings. The molecule has 0 atom stereocenters. The lowest BCUT2D eigenvalue weighted by atomic mass is 10.1. The fourth-order valence-corrected chi connectivity index (χ4v) is 1.88. The highest BCUT2D eigenvalue weighted by Crippen LogP contribution is 2.00. The minimum atomic E-state index is -0.0336. The Morgan fingerprint density at radius 1 is 1.14 bits per heavy atom. The van der Waals surface area contributed by atoms with Crippen LogP contribution in [-0.4, -0.2) is 31.3 Å². The highest BCUT2D eigenvalue weighted by atomic mass is 16.5. The van der Waals surface area contributed by atoms with Crippen LogP contribution < -0.4 is 11.1 Å². The maximum absolute atomic E-state index is 5.79. The third kappa shape index (κ3) is 9.91. The second-order valence-electron chi connectivity index (χ2n) is 6.20. The molecule has 3 N–H and O–H groups in total. The van der Waals surface area contributed by atoms with Crippen LogP contribution >= 0.6 is 0 Å². The summed E-state index contributed by atoms with van der Waals surface area (Å²) in [6, 6.07) is 10.4. The molecule has 0 fully saturated rings. The Kier molecular flexibility index (Phi) is 7.83. The Balaban J connectivity index is 1.99. The zero-order valence-corrected chi connectivity index (χ0v) is 13.6. The number of nitrogens with one attached hydrogen (secondary N) is 1. The molecule has 0 saturated carbocycles. The van der Waals surface area contributed by atoms with Crippen molar-refractivity contribution in [2.45, 2.75) is 45.6 Å². The van der Waals surface area contributed by atoms with Crippen LogP contribution in [0.3, 0.4) is 0 Å². The predicted molar refractivity (Wildman–Crippen MR) is 89.6 cm³/mol. The summed E-state index contributed by atoms with van der Waals surface area (Å²) in [5.74, 6) is 0.521. The minimum absolute atomic E-state index is 0.0336. The van der Waals surface area contributed by atoms with E-state index in [0.29, 0.717) is 5.96 Å². The summed E-state index contributed by atoms with van der Waals surface area (Å²) in [6.45, 7) is 8.51. The molecular weight excluding hydrogens is 262 g/mol. The summed E-state index contributed by atoms with van der Waals surface area (Å²) in [6.07, 6.45) is 2.99. The van der Waals surface area contributed by atoms with Gasteiger partial charge >= 0.3 is 0 Å². The van der Waals surface area contributed by atoms with E-state index in [1.54, 1.807) is 0 Å². The van der Waals surface area contributed by atoms with Crippen molar-refractivity contribution in [2.75, 3.05) is 19.8 Å². The standard InChI is InChI=1S/C17H29N3O/c1-17(2,3)20-16(18)19-12-7-8-13-21-14-11-15-9-5-4-6-10-15/h4-6,9-10H,7-8,11-14H2,1-3H3,(H3,18,19,20). The highest BCUT2D eigenvalue weighted by Gasteiger charge is 2.09. The molecule has 1 rings (SSSR count). The van der Waals surface area contributed by atoms with Crippen LogP contribution in [0, 0.1) is 0 Å². The van der Waals surface area contributed by atoms with Crippen LogP contribution in [0.1, 0.15) is 39.2 Å². The lowest BCUT2D eigenvalue weighted by Gasteiger charge is -2.20. The SMILES string of the molecule is CC(C)(C)NC(N)=NCCCCOCCc1ccccc1. The summed E-state index contributed by atoms with van der Waals surface area (Å²) < 4.78 is 5.63. The van der Waals surface area contributed by atoms with Gasteiger partial charge in [0.25, 0.3) is 0 Å². The quantitative estimate of drug-likeness (QED) is 0.440. The van der Waals surface area contributed by atoms with Crippen LogP contribution in [0.5, 0.6) is 0 Å². The Hall–Kier alpha value is -1.55. The summed E-state index contributed by atoms with van der Waals surface area (Å²) in [5, 5.41) is 3.14. The number of unbranched alkanes of at least 4 members (excludes halogenated alkanes) is 1. The normalized spacial score (nSPS) is 12.4. The summed E-state index contributed by atoms with van der Waals surface area (Å²) >= 11 is 0. The lowest BCUT2D eigenvalue weighted by Crippen LogP contribution is -2.45. The number of benzene rings is 1. The van der Waals surface area contributed by atoms with Gasteiger partial charge in [0.1, 0.15) is 0 Å². The first-order chi connectivity index (χ1) is 9.97. The Bertz CT molecular complexity index is 410. The Labute approximate surface area is 128 Å². The van der Waals surface area contributed by atoms with Crippen LogP contribution in [0.25, 0.3) is 0 Å². The van der Waals surface area contributed by atoms with Crippen molar-refractivity contribution in [1.82, 2.24) is 5.32 Å². The number of rotatable bonds is 8. The average Bonchev–Trinajstić information content (AvgIpc) is 2.41. The van der Waals surface area contributed by atoms with Crippen LogP contribution in [0.2, 0.25) is 0 Å². The van der Waals surface area contributed by atoms with E-state index in [1.165, 1.54) is 5.56 Å². The van der Waals surface area contributed by atoms with Crippen LogP contribution in [0.15, 0.2) is 35.3 Å². The average molecular weight is 291 g/mol. The van der Waals surface area contributed by atoms with E-state index >= 15 is 0 Å². The van der Waals surface area contributed by atoms with E-state index in [0.717, 1.165) is 39.0 Å². The third-order valence-electron chi connectivity index (χ3n) is 2.86. The maximum Gasteiger partial charge on any atom is 0.188 e. The number of nitrogens with two attached hydrogens (primary N) is 1. The van der Waals surface area contributed by atoms with Crippen molar-refractivity contribution < 1.29 is 4.74 Å². The fourth-order valence-electron chi connectivity index (χ4n) is 1.88. The molecule has 0 saturated heterocycles. The summed E-state index contributed by atoms with van der Waals surface area (Å²) in [7, 11) is 0. The highest BCUT2D eigenvalue weighted by molar-refractivity contribution is 5.78. The van der Waals surface area contributed by atoms with E-state index in [-0.39, 0.29) is 5.54 Å². The number of hydrogen-bond acceptors (Lipinski definition) is 2. The zero-order valence-electron chi connectivity index (χ0n) is 13.6. The molecule has 4 nitrogen and oxygen atoms in total. The number of guanidine groups is 1. The van der Waals surface area contributed by atoms with Gasteiger partial charge in [-0.25, -0.2) is 0 Å². The first-order valence-electron chi connectivity index (χ1n) is 7.67. The van der Waals surface area contributed by atoms with Crippen LogP contribution in [0.4, 0.5) is 0 Å². The summed E-state index contributed by atoms with van der Waals surface area (Å²) in [5.41, 5.74) is 7.08. The van der Waals surface area contributed by atoms with Crippen molar-refractivity contribution in [3.8, 4) is 0 Å². The monoisotopic (exact) mass is 291 g/mol. The number of aliphatic imine (C=N–C) groups is 1. The van der Waals surface area contributed by atoms with Gasteiger partial charge in [0.15, 0.2) is 5.96 Å². The van der Waals surface area contributed by atoms with E-state index in [1.807, 2.05) is 6.07 Å². The van der Waals surface area contributed by atoms with Gasteiger partial charge < -0.3 is 15.8 Å². The van der Waals surface area contributed by atoms with Crippen LogP contribution in [-0.2, 0) is 11.2 Å². The maximum atomic E-state index is 5.79. The van der Waals surface area contributed by atoms with Gasteiger partial charge in [-0.3, -0.25) is 4.99 Å². The van der Waals surface area contributed by atoms with Gasteiger partial charge in [-0.15, -0.1) is 0 Å². The van der Waals surface area contributed by atoms with Gasteiger partial charge in [0.05, 0.1) is 6.61 Å². The molecule has 0 radical (unpaired) electrons. The summed E-state index contributed by atoms with van der Waals surface area (Å²) in [4.78, 5) is 4.30. The van der Waals surface area contributed by atoms with Crippen molar-refractivity contribution in [3.05, 3.63) is 35.9 Å². The molecular formula is C17H29N3O. The molecule has 0 amide bonds. The molecule has 1 aromatic carbocycles. The van der Waals surface area contributed by atoms with E-state index in [4.69, 9.17) is 10.5 Å². The molecule has 0 spiro atoms. The molecule has 0 aliphatic rings. The van der Waals surface area contributed by atoms with Gasteiger partial charge in [0.2, 0.25) is 0 Å². The Morgan fingerprint density at radius 2 is 1.86 bits per heavy atom. The van der Waals surface area contributed by atoms with Crippen molar-refractivity contribution >= 4 is 5.96 Å². The fraction of sp³-hybridized carbons (Fsp3) is 0.588. The lowest BCUT2D eigenvalue weighted by molar-refractivity contribution is 0.134. The molecule has 0 unspecified atom stereocenters. The second kappa shape index (κ2) is 9.40. The Morgan fingerprint density at radius 3 is 2.52 bits per heavy atom. The zero-order chi connectivity index (χ0) is 15.6. The molecule has 0 heterocycles. The van der Waals surface area contributed by atoms with Gasteiger partial charge in [-0.05, 0) is 45.6 Å². The molecule has 0 aromatic heterocycles. The van der Waals surface area contributed by atoms with Gasteiger partial charge in [0, 0.05) is 18.7 Å². The van der Waals surface area contributed by atoms with Crippen molar-refractivity contribution in [2.24, 2.45) is 10.7 Å². The van der Waals surface area contributed by atoms with Gasteiger partial charge in [-0.2, -0.15) is 0 Å². The minimum Gasteiger partial charge on any atom is -0.381 e. The number of nitrogens with zero attached hydrogens (tertiary/aromatic N) is 1. The molecule has 0 bridgehead atoms. The predicted octanol–water partition coefficient (Wildman–Crippen LogP) is 2.73. The largest absolute Gasteiger partial charge is 0.381 e. The van der Waals surface area contributed by atoms with Gasteiger partial charge in [-0.1, -0.05) is 30.3 Å². The first kappa shape index (κ1) is 17.5. The number of ether oxygens (including phenoxy) is 1. The van der Waals surface area contributed by atoms with Crippen molar-refractivity contribution in [3.63, 3.8) is 0 Å². The van der Waals surface area contributed by atoms with E-state index in [9.17, 15) is 0 Å². The van der Waals surface area contributed by atoms with Crippen molar-refractivity contribution in [1.29, 1.82) is 0 Å². The number of hydrogen-bond donors (Lipinski definition) is 2. The second-order valence-corrected chi connectivity index (χ2v) is 6.20. The molecule has 118 valence electrons. The third-order valence-corrected chi connectivity index (χ3v) is 2.86. The van der Waals surface area contributed by atoms with E-state index in [2.05, 4.69) is 55.3 Å². The smallest absolute Gasteiger partial charge is 0.188 e. The molecule has 0 aliphatic heterocycles. The first-order valence-corrected chi connectivity index (χ1v) is 7.67. The molecule has 21 heavy (non-hydrogen) atoms. The van der Waals surface area contributed by atoms with E-state index < -0.39 is 0 Å².